The number of rotatable bonds is 0. The fourth-order valence-corrected chi connectivity index (χ4v) is 5.15. The van der Waals surface area contributed by atoms with E-state index in [1.165, 1.54) is 70.6 Å². The fraction of sp³-hybridized carbons (Fsp3) is 0.667. The van der Waals surface area contributed by atoms with Crippen LogP contribution >= 0.6 is 0 Å². The molecule has 0 aromatic heterocycles. The minimum Gasteiger partial charge on any atom is -0.397 e. The van der Waals surface area contributed by atoms with E-state index in [4.69, 9.17) is 20.4 Å². The molecule has 0 amide bonds. The van der Waals surface area contributed by atoms with Crippen molar-refractivity contribution in [1.82, 2.24) is 0 Å². The Hall–Kier alpha value is -1.14. The first-order valence-corrected chi connectivity index (χ1v) is 12.2. The van der Waals surface area contributed by atoms with Crippen LogP contribution in [0.1, 0.15) is 84.0 Å². The molecule has 0 unspecified atom stereocenters. The monoisotopic (exact) mass is 555 g/mol. The molecule has 5 rings (SSSR count). The number of hydrogen-bond donors (Lipinski definition) is 2. The van der Waals surface area contributed by atoms with Crippen LogP contribution in [0.15, 0.2) is 48.6 Å². The Morgan fingerprint density at radius 2 is 1.24 bits per heavy atom. The van der Waals surface area contributed by atoms with E-state index in [1.54, 1.807) is 6.92 Å². The van der Waals surface area contributed by atoms with Gasteiger partial charge in [-0.05, 0) is 82.0 Å². The van der Waals surface area contributed by atoms with Gasteiger partial charge in [0, 0.05) is 6.61 Å². The van der Waals surface area contributed by atoms with Crippen LogP contribution in [0.3, 0.4) is 0 Å². The van der Waals surface area contributed by atoms with Crippen molar-refractivity contribution in [3.05, 3.63) is 66.1 Å². The standard InChI is InChI=1S/C12H18.C7H12.C5H6.C2H6O.CH3.Ag.HNO3/c1-2-4-11-9-6-7-10(8-9)12(11)5-3-1;1-2-4-6-7-5-3-1;1-2-4-5-3-1;1-2-3;;;2-1(3)4/h6-7,9-12H,1-5,8H2;1-2H,3-7H2;1-4H,5H2;3H,2H2,1H3;1H3;;(H,2,3,4)/q;;;;-1;+1;/t9-,10+,11-,12-;;;;;;/m1....../s1. The summed E-state index contributed by atoms with van der Waals surface area (Å²) < 4.78 is 0. The van der Waals surface area contributed by atoms with E-state index in [1.807, 2.05) is 0 Å². The van der Waals surface area contributed by atoms with Crippen molar-refractivity contribution in [2.24, 2.45) is 23.7 Å². The number of hydrogen-bond acceptors (Lipinski definition) is 3. The molecule has 33 heavy (non-hydrogen) atoms. The minimum atomic E-state index is -1.50. The first-order valence-electron chi connectivity index (χ1n) is 12.2. The van der Waals surface area contributed by atoms with Crippen LogP contribution in [0.2, 0.25) is 0 Å². The summed E-state index contributed by atoms with van der Waals surface area (Å²) in [6, 6.07) is 0. The van der Waals surface area contributed by atoms with Gasteiger partial charge in [-0.3, -0.25) is 0 Å². The summed E-state index contributed by atoms with van der Waals surface area (Å²) >= 11 is 0. The minimum absolute atomic E-state index is 0. The van der Waals surface area contributed by atoms with Gasteiger partial charge in [-0.25, -0.2) is 0 Å². The molecule has 2 fully saturated rings. The van der Waals surface area contributed by atoms with E-state index in [0.717, 1.165) is 30.1 Å². The van der Waals surface area contributed by atoms with Gasteiger partial charge < -0.3 is 17.7 Å². The molecule has 2 bridgehead atoms. The molecular weight excluding hydrogens is 510 g/mol. The Morgan fingerprint density at radius 1 is 0.848 bits per heavy atom. The number of fused-ring (bicyclic) bond motifs is 5. The normalized spacial score (nSPS) is 27.0. The van der Waals surface area contributed by atoms with Crippen LogP contribution in [0.25, 0.3) is 0 Å². The molecule has 0 aromatic rings. The predicted octanol–water partition coefficient (Wildman–Crippen LogP) is 7.50. The third kappa shape index (κ3) is 16.2. The molecule has 5 aliphatic carbocycles. The average molecular weight is 557 g/mol. The second kappa shape index (κ2) is 22.6. The molecule has 5 aliphatic rings. The SMILES string of the molecule is C1=CCC=C1.C1=CCCCCC1.C1=C[C@H]2C[C@@H]1[C@H]1CCCCC[C@@H]12.CCO.O=[N+]([O-])O.[Ag+].[CH3-]. The van der Waals surface area contributed by atoms with Crippen LogP contribution < -0.4 is 0 Å². The van der Waals surface area contributed by atoms with Crippen molar-refractivity contribution in [2.45, 2.75) is 84.0 Å². The molecular formula is C27H46AgNO4. The summed E-state index contributed by atoms with van der Waals surface area (Å²) in [6.07, 6.45) is 35.1. The summed E-state index contributed by atoms with van der Waals surface area (Å²) in [5, 5.41) is 21.2. The summed E-state index contributed by atoms with van der Waals surface area (Å²) in [7, 11) is 0. The molecule has 0 saturated heterocycles. The Labute approximate surface area is 217 Å². The number of allylic oxidation sites excluding steroid dienone is 8. The molecule has 6 heteroatoms. The largest absolute Gasteiger partial charge is 1.00 e. The van der Waals surface area contributed by atoms with Crippen molar-refractivity contribution < 1.29 is 37.8 Å². The molecule has 194 valence electrons. The number of aliphatic hydroxyl groups is 1. The van der Waals surface area contributed by atoms with Gasteiger partial charge in [-0.1, -0.05) is 74.3 Å². The smallest absolute Gasteiger partial charge is 0.397 e. The van der Waals surface area contributed by atoms with Gasteiger partial charge in [0.1, 0.15) is 0 Å². The van der Waals surface area contributed by atoms with E-state index >= 15 is 0 Å². The molecule has 0 spiro atoms. The van der Waals surface area contributed by atoms with Crippen LogP contribution in [-0.4, -0.2) is 22.0 Å². The Morgan fingerprint density at radius 3 is 1.61 bits per heavy atom. The van der Waals surface area contributed by atoms with E-state index < -0.39 is 5.09 Å². The van der Waals surface area contributed by atoms with Gasteiger partial charge in [0.25, 0.3) is 5.09 Å². The summed E-state index contributed by atoms with van der Waals surface area (Å²) in [4.78, 5) is 8.36. The Bertz CT molecular complexity index is 547. The second-order valence-electron chi connectivity index (χ2n) is 8.67. The van der Waals surface area contributed by atoms with E-state index in [-0.39, 0.29) is 36.4 Å². The maximum atomic E-state index is 8.36. The first-order chi connectivity index (χ1) is 15.1. The van der Waals surface area contributed by atoms with Gasteiger partial charge in [-0.15, -0.1) is 10.1 Å². The van der Waals surface area contributed by atoms with Gasteiger partial charge in [0.15, 0.2) is 0 Å². The molecule has 5 nitrogen and oxygen atoms in total. The third-order valence-electron chi connectivity index (χ3n) is 6.44. The zero-order valence-corrected chi connectivity index (χ0v) is 22.1. The Kier molecular flexibility index (Phi) is 23.3. The van der Waals surface area contributed by atoms with E-state index in [9.17, 15) is 0 Å². The van der Waals surface area contributed by atoms with Crippen LogP contribution in [0.5, 0.6) is 0 Å². The molecule has 0 aromatic carbocycles. The van der Waals surface area contributed by atoms with Crippen molar-refractivity contribution in [1.29, 1.82) is 0 Å². The van der Waals surface area contributed by atoms with Crippen molar-refractivity contribution in [3.8, 4) is 0 Å². The van der Waals surface area contributed by atoms with Crippen molar-refractivity contribution >= 4 is 0 Å². The van der Waals surface area contributed by atoms with Gasteiger partial charge >= 0.3 is 22.4 Å². The zero-order chi connectivity index (χ0) is 22.7. The number of aliphatic hydroxyl groups excluding tert-OH is 1. The van der Waals surface area contributed by atoms with Crippen molar-refractivity contribution in [2.75, 3.05) is 6.61 Å². The zero-order valence-electron chi connectivity index (χ0n) is 20.6. The van der Waals surface area contributed by atoms with Gasteiger partial charge in [-0.2, -0.15) is 0 Å². The third-order valence-corrected chi connectivity index (χ3v) is 6.44. The first kappa shape index (κ1) is 34.0. The molecule has 0 aliphatic heterocycles. The van der Waals surface area contributed by atoms with Crippen LogP contribution in [0, 0.1) is 41.2 Å². The predicted molar refractivity (Wildman–Crippen MR) is 134 cm³/mol. The van der Waals surface area contributed by atoms with Crippen molar-refractivity contribution in [3.63, 3.8) is 0 Å². The van der Waals surface area contributed by atoms with E-state index in [2.05, 4.69) is 48.6 Å². The second-order valence-corrected chi connectivity index (χ2v) is 8.67. The molecule has 0 radical (unpaired) electrons. The van der Waals surface area contributed by atoms with Gasteiger partial charge in [0.05, 0.1) is 0 Å². The molecule has 4 atom stereocenters. The quantitative estimate of drug-likeness (QED) is 0.106. The molecule has 2 saturated carbocycles. The number of nitrogens with zero attached hydrogens (tertiary/aromatic N) is 1. The summed E-state index contributed by atoms with van der Waals surface area (Å²) in [5.41, 5.74) is 0. The fourth-order valence-electron chi connectivity index (χ4n) is 5.15. The molecule has 0 heterocycles. The maximum Gasteiger partial charge on any atom is 1.00 e. The average Bonchev–Trinajstić information content (AvgIpc) is 3.42. The summed E-state index contributed by atoms with van der Waals surface area (Å²) in [6.45, 7) is 1.93. The molecule has 2 N–H and O–H groups in total. The topological polar surface area (TPSA) is 83.6 Å². The van der Waals surface area contributed by atoms with E-state index in [0.29, 0.717) is 0 Å². The van der Waals surface area contributed by atoms with Crippen LogP contribution in [0.4, 0.5) is 0 Å². The van der Waals surface area contributed by atoms with Crippen LogP contribution in [-0.2, 0) is 22.4 Å². The Balaban J connectivity index is 0. The summed E-state index contributed by atoms with van der Waals surface area (Å²) in [5.74, 6) is 4.20. The van der Waals surface area contributed by atoms with Gasteiger partial charge in [0.2, 0.25) is 0 Å². The maximum absolute atomic E-state index is 8.36.